The number of halogens is 2. The normalized spacial score (nSPS) is 11.1. The fourth-order valence-electron chi connectivity index (χ4n) is 2.79. The van der Waals surface area contributed by atoms with Crippen molar-refractivity contribution in [2.45, 2.75) is 17.3 Å². The molecule has 0 aliphatic carbocycles. The molecule has 0 saturated heterocycles. The molecule has 4 aromatic rings. The average molecular weight is 431 g/mol. The van der Waals surface area contributed by atoms with Crippen LogP contribution in [0.2, 0.25) is 5.02 Å². The molecular formula is C20H16ClFN4O2S. The number of ether oxygens (including phenoxy) is 1. The van der Waals surface area contributed by atoms with Crippen molar-refractivity contribution in [2.75, 3.05) is 7.11 Å². The number of benzene rings is 2. The van der Waals surface area contributed by atoms with Crippen LogP contribution in [0.15, 0.2) is 64.4 Å². The van der Waals surface area contributed by atoms with Crippen molar-refractivity contribution in [3.63, 3.8) is 0 Å². The van der Waals surface area contributed by atoms with Crippen LogP contribution in [0.5, 0.6) is 5.75 Å². The Morgan fingerprint density at radius 2 is 1.83 bits per heavy atom. The molecule has 0 unspecified atom stereocenters. The van der Waals surface area contributed by atoms with Crippen LogP contribution < -0.4 is 10.4 Å². The molecule has 29 heavy (non-hydrogen) atoms. The molecule has 2 aromatic carbocycles. The van der Waals surface area contributed by atoms with Crippen molar-refractivity contribution < 1.29 is 9.13 Å². The van der Waals surface area contributed by atoms with Crippen LogP contribution >= 0.6 is 23.4 Å². The SMILES string of the molecule is COc1ccc(Cn2nc3ccc(SCc4ccc(Cl)cc4)nn3c2=O)cc1F. The van der Waals surface area contributed by atoms with E-state index in [1.165, 1.54) is 40.2 Å². The van der Waals surface area contributed by atoms with Gasteiger partial charge >= 0.3 is 5.69 Å². The number of hydrogen-bond donors (Lipinski definition) is 0. The van der Waals surface area contributed by atoms with Gasteiger partial charge in [-0.1, -0.05) is 41.6 Å². The van der Waals surface area contributed by atoms with Crippen LogP contribution in [0, 0.1) is 5.82 Å². The average Bonchev–Trinajstić information content (AvgIpc) is 3.03. The van der Waals surface area contributed by atoms with Gasteiger partial charge in [-0.15, -0.1) is 5.10 Å². The maximum absolute atomic E-state index is 13.9. The van der Waals surface area contributed by atoms with Crippen molar-refractivity contribution in [1.29, 1.82) is 0 Å². The molecule has 0 N–H and O–H groups in total. The van der Waals surface area contributed by atoms with E-state index in [1.807, 2.05) is 30.3 Å². The maximum atomic E-state index is 13.9. The van der Waals surface area contributed by atoms with Crippen LogP contribution in [-0.4, -0.2) is 26.5 Å². The second-order valence-electron chi connectivity index (χ2n) is 6.27. The van der Waals surface area contributed by atoms with E-state index in [4.69, 9.17) is 16.3 Å². The number of hydrogen-bond acceptors (Lipinski definition) is 5. The lowest BCUT2D eigenvalue weighted by Crippen LogP contribution is -2.23. The van der Waals surface area contributed by atoms with Crippen LogP contribution in [-0.2, 0) is 12.3 Å². The Labute approximate surface area is 174 Å². The third-order valence-electron chi connectivity index (χ3n) is 4.26. The molecule has 0 atom stereocenters. The first-order valence-electron chi connectivity index (χ1n) is 8.70. The van der Waals surface area contributed by atoms with Crippen molar-refractivity contribution in [3.05, 3.63) is 87.0 Å². The fraction of sp³-hybridized carbons (Fsp3) is 0.150. The molecule has 0 saturated carbocycles. The highest BCUT2D eigenvalue weighted by molar-refractivity contribution is 7.98. The quantitative estimate of drug-likeness (QED) is 0.432. The highest BCUT2D eigenvalue weighted by Gasteiger charge is 2.11. The van der Waals surface area contributed by atoms with Gasteiger partial charge in [-0.3, -0.25) is 0 Å². The first-order chi connectivity index (χ1) is 14.0. The Bertz CT molecular complexity index is 1220. The lowest BCUT2D eigenvalue weighted by Gasteiger charge is -2.04. The van der Waals surface area contributed by atoms with Gasteiger partial charge in [-0.25, -0.2) is 13.9 Å². The molecule has 0 spiro atoms. The topological polar surface area (TPSA) is 61.4 Å². The highest BCUT2D eigenvalue weighted by atomic mass is 35.5. The van der Waals surface area contributed by atoms with E-state index in [9.17, 15) is 9.18 Å². The van der Waals surface area contributed by atoms with Gasteiger partial charge in [0, 0.05) is 10.8 Å². The molecule has 0 bridgehead atoms. The van der Waals surface area contributed by atoms with E-state index >= 15 is 0 Å². The van der Waals surface area contributed by atoms with Gasteiger partial charge in [0.05, 0.1) is 13.7 Å². The summed E-state index contributed by atoms with van der Waals surface area (Å²) < 4.78 is 21.3. The zero-order valence-corrected chi connectivity index (χ0v) is 17.0. The van der Waals surface area contributed by atoms with Crippen LogP contribution in [0.3, 0.4) is 0 Å². The largest absolute Gasteiger partial charge is 0.494 e. The predicted molar refractivity (Wildman–Crippen MR) is 110 cm³/mol. The Kier molecular flexibility index (Phi) is 5.55. The van der Waals surface area contributed by atoms with E-state index in [1.54, 1.807) is 12.1 Å². The smallest absolute Gasteiger partial charge is 0.367 e. The Morgan fingerprint density at radius 3 is 2.55 bits per heavy atom. The molecule has 6 nitrogen and oxygen atoms in total. The third kappa shape index (κ3) is 4.28. The van der Waals surface area contributed by atoms with E-state index in [2.05, 4.69) is 10.2 Å². The van der Waals surface area contributed by atoms with E-state index in [-0.39, 0.29) is 18.0 Å². The Morgan fingerprint density at radius 1 is 1.07 bits per heavy atom. The molecule has 2 aromatic heterocycles. The van der Waals surface area contributed by atoms with Crippen molar-refractivity contribution in [2.24, 2.45) is 0 Å². The zero-order chi connectivity index (χ0) is 20.4. The summed E-state index contributed by atoms with van der Waals surface area (Å²) in [5.74, 6) is 0.366. The first-order valence-corrected chi connectivity index (χ1v) is 10.1. The number of methoxy groups -OCH3 is 1. The standard InChI is InChI=1S/C20H16ClFN4O2S/c1-28-17-7-4-14(10-16(17)22)11-25-20(27)26-18(23-25)8-9-19(24-26)29-12-13-2-5-15(21)6-3-13/h2-10H,11-12H2,1H3. The summed E-state index contributed by atoms with van der Waals surface area (Å²) in [4.78, 5) is 12.7. The summed E-state index contributed by atoms with van der Waals surface area (Å²) in [6.07, 6.45) is 0. The Hall–Kier alpha value is -2.84. The fourth-order valence-corrected chi connectivity index (χ4v) is 3.73. The molecule has 0 aliphatic rings. The molecular weight excluding hydrogens is 415 g/mol. The second kappa shape index (κ2) is 8.26. The number of fused-ring (bicyclic) bond motifs is 1. The molecule has 0 fully saturated rings. The lowest BCUT2D eigenvalue weighted by atomic mass is 10.2. The van der Waals surface area contributed by atoms with Gasteiger partial charge in [-0.2, -0.15) is 9.61 Å². The molecule has 148 valence electrons. The highest BCUT2D eigenvalue weighted by Crippen LogP contribution is 2.22. The number of aromatic nitrogens is 4. The second-order valence-corrected chi connectivity index (χ2v) is 7.70. The maximum Gasteiger partial charge on any atom is 0.367 e. The number of rotatable bonds is 6. The van der Waals surface area contributed by atoms with E-state index in [0.29, 0.717) is 27.0 Å². The monoisotopic (exact) mass is 430 g/mol. The van der Waals surface area contributed by atoms with Crippen molar-refractivity contribution in [3.8, 4) is 5.75 Å². The van der Waals surface area contributed by atoms with E-state index in [0.717, 1.165) is 5.56 Å². The van der Waals surface area contributed by atoms with Crippen LogP contribution in [0.4, 0.5) is 4.39 Å². The minimum absolute atomic E-state index is 0.135. The van der Waals surface area contributed by atoms with Gasteiger partial charge in [-0.05, 0) is 47.5 Å². The van der Waals surface area contributed by atoms with Gasteiger partial charge < -0.3 is 4.74 Å². The number of thioether (sulfide) groups is 1. The molecule has 0 radical (unpaired) electrons. The summed E-state index contributed by atoms with van der Waals surface area (Å²) >= 11 is 7.41. The molecule has 4 rings (SSSR count). The zero-order valence-electron chi connectivity index (χ0n) is 15.4. The molecule has 0 amide bonds. The number of nitrogens with zero attached hydrogens (tertiary/aromatic N) is 4. The Balaban J connectivity index is 1.55. The van der Waals surface area contributed by atoms with Crippen molar-refractivity contribution >= 4 is 29.0 Å². The van der Waals surface area contributed by atoms with Gasteiger partial charge in [0.15, 0.2) is 17.2 Å². The first kappa shape index (κ1) is 19.5. The summed E-state index contributed by atoms with van der Waals surface area (Å²) in [6, 6.07) is 15.7. The predicted octanol–water partition coefficient (Wildman–Crippen LogP) is 4.03. The summed E-state index contributed by atoms with van der Waals surface area (Å²) in [5, 5.41) is 10.0. The van der Waals surface area contributed by atoms with Crippen molar-refractivity contribution in [1.82, 2.24) is 19.4 Å². The third-order valence-corrected chi connectivity index (χ3v) is 5.51. The van der Waals surface area contributed by atoms with Gasteiger partial charge in [0.25, 0.3) is 0 Å². The minimum atomic E-state index is -0.485. The van der Waals surface area contributed by atoms with Gasteiger partial charge in [0.1, 0.15) is 5.03 Å². The van der Waals surface area contributed by atoms with E-state index < -0.39 is 5.82 Å². The summed E-state index contributed by atoms with van der Waals surface area (Å²) in [5.41, 5.74) is 1.75. The molecule has 2 heterocycles. The summed E-state index contributed by atoms with van der Waals surface area (Å²) in [6.45, 7) is 0.135. The lowest BCUT2D eigenvalue weighted by molar-refractivity contribution is 0.386. The minimum Gasteiger partial charge on any atom is -0.494 e. The molecule has 9 heteroatoms. The molecule has 0 aliphatic heterocycles. The van der Waals surface area contributed by atoms with Crippen LogP contribution in [0.25, 0.3) is 5.65 Å². The van der Waals surface area contributed by atoms with Gasteiger partial charge in [0.2, 0.25) is 0 Å². The van der Waals surface area contributed by atoms with Crippen LogP contribution in [0.1, 0.15) is 11.1 Å². The summed E-state index contributed by atoms with van der Waals surface area (Å²) in [7, 11) is 1.40.